The first-order chi connectivity index (χ1) is 11.2. The summed E-state index contributed by atoms with van der Waals surface area (Å²) in [7, 11) is 0. The summed E-state index contributed by atoms with van der Waals surface area (Å²) < 4.78 is 0. The summed E-state index contributed by atoms with van der Waals surface area (Å²) in [6.07, 6.45) is 4.37. The lowest BCUT2D eigenvalue weighted by Gasteiger charge is -2.15. The van der Waals surface area contributed by atoms with Gasteiger partial charge in [-0.15, -0.1) is 0 Å². The fourth-order valence-corrected chi connectivity index (χ4v) is 2.33. The lowest BCUT2D eigenvalue weighted by molar-refractivity contribution is -0.137. The van der Waals surface area contributed by atoms with E-state index in [-0.39, 0.29) is 0 Å². The molecule has 0 aliphatic heterocycles. The second-order valence-corrected chi connectivity index (χ2v) is 5.84. The molecule has 3 N–H and O–H groups in total. The zero-order valence-electron chi connectivity index (χ0n) is 12.8. The molecule has 120 valence electrons. The highest BCUT2D eigenvalue weighted by Crippen LogP contribution is 2.28. The van der Waals surface area contributed by atoms with Crippen LogP contribution in [0.2, 0.25) is 0 Å². The fourth-order valence-electron chi connectivity index (χ4n) is 2.33. The molecule has 1 fully saturated rings. The van der Waals surface area contributed by atoms with Gasteiger partial charge < -0.3 is 15.7 Å². The van der Waals surface area contributed by atoms with E-state index in [1.807, 2.05) is 30.3 Å². The van der Waals surface area contributed by atoms with Crippen molar-refractivity contribution in [3.8, 4) is 0 Å². The minimum atomic E-state index is -0.903. The number of hydrogen-bond acceptors (Lipinski definition) is 5. The Morgan fingerprint density at radius 1 is 1.22 bits per heavy atom. The van der Waals surface area contributed by atoms with Crippen LogP contribution in [0.5, 0.6) is 0 Å². The Bertz CT molecular complexity index is 659. The van der Waals surface area contributed by atoms with E-state index in [1.165, 1.54) is 19.2 Å². The molecule has 1 aliphatic carbocycles. The number of aromatic nitrogens is 2. The van der Waals surface area contributed by atoms with Crippen LogP contribution in [0, 0.1) is 5.92 Å². The van der Waals surface area contributed by atoms with Gasteiger partial charge in [0.2, 0.25) is 0 Å². The van der Waals surface area contributed by atoms with E-state index in [1.54, 1.807) is 6.07 Å². The summed E-state index contributed by atoms with van der Waals surface area (Å²) in [6, 6.07) is 10.6. The Hall–Kier alpha value is -2.63. The Morgan fingerprint density at radius 2 is 1.96 bits per heavy atom. The highest BCUT2D eigenvalue weighted by atomic mass is 16.4. The standard InChI is InChI=1S/C17H20N4O2/c22-17(23)14(8-12-4-2-1-3-5-12)21-16-9-15(19-11-20-16)18-10-13-6-7-13/h1-5,9,11,13-14H,6-8,10H2,(H,22,23)(H2,18,19,20,21)/t14-/m1/s1. The average molecular weight is 312 g/mol. The third kappa shape index (κ3) is 4.67. The van der Waals surface area contributed by atoms with Crippen molar-refractivity contribution in [3.05, 3.63) is 48.3 Å². The van der Waals surface area contributed by atoms with Gasteiger partial charge in [0.15, 0.2) is 0 Å². The van der Waals surface area contributed by atoms with Crippen molar-refractivity contribution in [2.75, 3.05) is 17.2 Å². The first-order valence-corrected chi connectivity index (χ1v) is 7.80. The minimum Gasteiger partial charge on any atom is -0.480 e. The molecule has 23 heavy (non-hydrogen) atoms. The van der Waals surface area contributed by atoms with Gasteiger partial charge in [-0.25, -0.2) is 14.8 Å². The SMILES string of the molecule is O=C(O)[C@@H](Cc1ccccc1)Nc1cc(NCC2CC2)ncn1. The minimum absolute atomic E-state index is 0.394. The van der Waals surface area contributed by atoms with Crippen LogP contribution >= 0.6 is 0 Å². The second-order valence-electron chi connectivity index (χ2n) is 5.84. The fraction of sp³-hybridized carbons (Fsp3) is 0.353. The zero-order valence-corrected chi connectivity index (χ0v) is 12.8. The van der Waals surface area contributed by atoms with Gasteiger partial charge in [0.05, 0.1) is 0 Å². The summed E-state index contributed by atoms with van der Waals surface area (Å²) in [5.41, 5.74) is 0.966. The molecule has 3 rings (SSSR count). The second kappa shape index (κ2) is 7.09. The molecule has 1 aromatic carbocycles. The van der Waals surface area contributed by atoms with E-state index in [0.717, 1.165) is 23.8 Å². The molecule has 0 bridgehead atoms. The molecular formula is C17H20N4O2. The van der Waals surface area contributed by atoms with Crippen LogP contribution in [0.3, 0.4) is 0 Å². The number of anilines is 2. The lowest BCUT2D eigenvalue weighted by Crippen LogP contribution is -2.32. The smallest absolute Gasteiger partial charge is 0.326 e. The summed E-state index contributed by atoms with van der Waals surface area (Å²) in [4.78, 5) is 19.8. The highest BCUT2D eigenvalue weighted by molar-refractivity contribution is 5.77. The highest BCUT2D eigenvalue weighted by Gasteiger charge is 2.21. The number of nitrogens with zero attached hydrogens (tertiary/aromatic N) is 2. The molecule has 0 unspecified atom stereocenters. The van der Waals surface area contributed by atoms with Gasteiger partial charge in [0.25, 0.3) is 0 Å². The van der Waals surface area contributed by atoms with Gasteiger partial charge in [-0.3, -0.25) is 0 Å². The summed E-state index contributed by atoms with van der Waals surface area (Å²) in [5.74, 6) is 1.08. The predicted molar refractivity (Wildman–Crippen MR) is 88.4 cm³/mol. The number of carbonyl (C=O) groups is 1. The number of rotatable bonds is 8. The summed E-state index contributed by atoms with van der Waals surface area (Å²) >= 11 is 0. The van der Waals surface area contributed by atoms with Gasteiger partial charge in [0, 0.05) is 19.0 Å². The normalized spacial score (nSPS) is 15.0. The van der Waals surface area contributed by atoms with Crippen molar-refractivity contribution in [2.45, 2.75) is 25.3 Å². The van der Waals surface area contributed by atoms with Crippen molar-refractivity contribution in [1.82, 2.24) is 9.97 Å². The van der Waals surface area contributed by atoms with Crippen LogP contribution < -0.4 is 10.6 Å². The first kappa shape index (κ1) is 15.3. The van der Waals surface area contributed by atoms with Gasteiger partial charge in [-0.05, 0) is 24.3 Å². The predicted octanol–water partition coefficient (Wildman–Crippen LogP) is 2.41. The van der Waals surface area contributed by atoms with Crippen LogP contribution in [-0.2, 0) is 11.2 Å². The molecule has 1 atom stereocenters. The molecule has 0 radical (unpaired) electrons. The van der Waals surface area contributed by atoms with Crippen LogP contribution in [0.1, 0.15) is 18.4 Å². The van der Waals surface area contributed by atoms with Gasteiger partial charge in [-0.2, -0.15) is 0 Å². The summed E-state index contributed by atoms with van der Waals surface area (Å²) in [5, 5.41) is 15.7. The Labute approximate surface area is 135 Å². The first-order valence-electron chi connectivity index (χ1n) is 7.80. The van der Waals surface area contributed by atoms with Crippen LogP contribution in [0.15, 0.2) is 42.7 Å². The number of carboxylic acids is 1. The van der Waals surface area contributed by atoms with Crippen molar-refractivity contribution >= 4 is 17.6 Å². The van der Waals surface area contributed by atoms with Gasteiger partial charge in [0.1, 0.15) is 24.0 Å². The average Bonchev–Trinajstić information content (AvgIpc) is 3.38. The number of carboxylic acid groups (broad SMARTS) is 1. The van der Waals surface area contributed by atoms with Crippen molar-refractivity contribution < 1.29 is 9.90 Å². The molecule has 6 nitrogen and oxygen atoms in total. The summed E-state index contributed by atoms with van der Waals surface area (Å²) in [6.45, 7) is 0.906. The largest absolute Gasteiger partial charge is 0.480 e. The number of benzene rings is 1. The number of hydrogen-bond donors (Lipinski definition) is 3. The quantitative estimate of drug-likeness (QED) is 0.694. The molecule has 1 heterocycles. The Kier molecular flexibility index (Phi) is 4.71. The molecule has 0 amide bonds. The van der Waals surface area contributed by atoms with Crippen molar-refractivity contribution in [3.63, 3.8) is 0 Å². The van der Waals surface area contributed by atoms with E-state index in [4.69, 9.17) is 0 Å². The molecular weight excluding hydrogens is 292 g/mol. The number of aliphatic carboxylic acids is 1. The maximum Gasteiger partial charge on any atom is 0.326 e. The maximum absolute atomic E-state index is 11.5. The maximum atomic E-state index is 11.5. The monoisotopic (exact) mass is 312 g/mol. The van der Waals surface area contributed by atoms with Crippen molar-refractivity contribution in [2.24, 2.45) is 5.92 Å². The zero-order chi connectivity index (χ0) is 16.1. The Balaban J connectivity index is 1.64. The molecule has 1 aromatic heterocycles. The van der Waals surface area contributed by atoms with Crippen LogP contribution in [0.25, 0.3) is 0 Å². The topological polar surface area (TPSA) is 87.1 Å². The van der Waals surface area contributed by atoms with Crippen LogP contribution in [0.4, 0.5) is 11.6 Å². The van der Waals surface area contributed by atoms with Crippen molar-refractivity contribution in [1.29, 1.82) is 0 Å². The van der Waals surface area contributed by atoms with E-state index >= 15 is 0 Å². The third-order valence-electron chi connectivity index (χ3n) is 3.84. The van der Waals surface area contributed by atoms with Crippen LogP contribution in [-0.4, -0.2) is 33.6 Å². The van der Waals surface area contributed by atoms with E-state index in [0.29, 0.717) is 12.2 Å². The molecule has 1 saturated carbocycles. The lowest BCUT2D eigenvalue weighted by atomic mass is 10.1. The van der Waals surface area contributed by atoms with E-state index < -0.39 is 12.0 Å². The molecule has 2 aromatic rings. The third-order valence-corrected chi connectivity index (χ3v) is 3.84. The van der Waals surface area contributed by atoms with Gasteiger partial charge >= 0.3 is 5.97 Å². The van der Waals surface area contributed by atoms with E-state index in [2.05, 4.69) is 20.6 Å². The molecule has 6 heteroatoms. The van der Waals surface area contributed by atoms with Gasteiger partial charge in [-0.1, -0.05) is 30.3 Å². The molecule has 1 aliphatic rings. The molecule has 0 saturated heterocycles. The number of nitrogens with one attached hydrogen (secondary N) is 2. The molecule has 0 spiro atoms. The Morgan fingerprint density at radius 3 is 2.65 bits per heavy atom. The van der Waals surface area contributed by atoms with E-state index in [9.17, 15) is 9.90 Å².